The first kappa shape index (κ1) is 18.8. The molecule has 0 amide bonds. The Balaban J connectivity index is 0.00000242. The molecule has 0 aliphatic carbocycles. The molecule has 1 atom stereocenters. The maximum Gasteiger partial charge on any atom is 0.193 e. The van der Waals surface area contributed by atoms with Crippen molar-refractivity contribution >= 4 is 38.3 Å². The summed E-state index contributed by atoms with van der Waals surface area (Å²) in [5.41, 5.74) is 2.82. The van der Waals surface area contributed by atoms with Crippen LogP contribution in [0.15, 0.2) is 36.4 Å². The number of methoxy groups -OCH3 is 2. The molecule has 5 heteroatoms. The Hall–Kier alpha value is -1.26. The van der Waals surface area contributed by atoms with Crippen molar-refractivity contribution in [3.05, 3.63) is 53.1 Å². The molecule has 0 bridgehead atoms. The zero-order chi connectivity index (χ0) is 15.4. The van der Waals surface area contributed by atoms with E-state index in [4.69, 9.17) is 9.47 Å². The minimum Gasteiger partial charge on any atom is -0.496 e. The number of hydrogen-bond acceptors (Lipinski definition) is 3. The van der Waals surface area contributed by atoms with Crippen molar-refractivity contribution in [1.29, 1.82) is 0 Å². The number of benzene rings is 2. The minimum atomic E-state index is 0. The third kappa shape index (κ3) is 4.14. The Labute approximate surface area is 145 Å². The topological polar surface area (TPSA) is 35.5 Å². The zero-order valence-electron chi connectivity index (χ0n) is 13.7. The van der Waals surface area contributed by atoms with Crippen LogP contribution in [0.3, 0.4) is 0 Å². The van der Waals surface area contributed by atoms with Crippen LogP contribution in [0, 0.1) is 13.8 Å². The fourth-order valence-electron chi connectivity index (χ4n) is 2.13. The van der Waals surface area contributed by atoms with Crippen molar-refractivity contribution in [3.8, 4) is 11.5 Å². The van der Waals surface area contributed by atoms with Crippen LogP contribution >= 0.6 is 8.58 Å². The average Bonchev–Trinajstić information content (AvgIpc) is 2.49. The molecule has 3 nitrogen and oxygen atoms in total. The van der Waals surface area contributed by atoms with E-state index < -0.39 is 0 Å². The third-order valence-electron chi connectivity index (χ3n) is 3.30. The van der Waals surface area contributed by atoms with Gasteiger partial charge < -0.3 is 9.47 Å². The van der Waals surface area contributed by atoms with Crippen LogP contribution in [-0.2, 0) is 0 Å². The summed E-state index contributed by atoms with van der Waals surface area (Å²) in [5.74, 6) is 1.11. The number of carbonyl (C=O) groups is 1. The molecular formula is C17H19LiO3P. The van der Waals surface area contributed by atoms with Crippen LogP contribution in [0.25, 0.3) is 0 Å². The first-order valence-corrected chi connectivity index (χ1v) is 7.66. The molecule has 0 spiro atoms. The van der Waals surface area contributed by atoms with E-state index in [1.54, 1.807) is 26.4 Å². The molecule has 1 unspecified atom stereocenters. The predicted molar refractivity (Wildman–Crippen MR) is 93.5 cm³/mol. The van der Waals surface area contributed by atoms with Gasteiger partial charge in [-0.2, -0.15) is 0 Å². The summed E-state index contributed by atoms with van der Waals surface area (Å²) >= 11 is 0. The molecule has 0 saturated heterocycles. The van der Waals surface area contributed by atoms with Gasteiger partial charge >= 0.3 is 0 Å². The van der Waals surface area contributed by atoms with Crippen LogP contribution < -0.4 is 14.8 Å². The van der Waals surface area contributed by atoms with E-state index in [1.807, 2.05) is 26.0 Å². The molecule has 2 aromatic carbocycles. The van der Waals surface area contributed by atoms with Gasteiger partial charge in [0.15, 0.2) is 5.52 Å². The van der Waals surface area contributed by atoms with Crippen LogP contribution in [0.1, 0.15) is 21.5 Å². The van der Waals surface area contributed by atoms with E-state index in [-0.39, 0.29) is 33.0 Å². The molecule has 0 aromatic heterocycles. The molecule has 0 fully saturated rings. The van der Waals surface area contributed by atoms with Crippen LogP contribution in [0.5, 0.6) is 11.5 Å². The maximum absolute atomic E-state index is 12.7. The molecule has 2 aromatic rings. The van der Waals surface area contributed by atoms with Gasteiger partial charge in [-0.1, -0.05) is 29.8 Å². The summed E-state index contributed by atoms with van der Waals surface area (Å²) in [6.07, 6.45) is 0. The molecular weight excluding hydrogens is 290 g/mol. The van der Waals surface area contributed by atoms with E-state index in [0.717, 1.165) is 16.4 Å². The zero-order valence-corrected chi connectivity index (χ0v) is 14.7. The van der Waals surface area contributed by atoms with Crippen molar-refractivity contribution in [1.82, 2.24) is 0 Å². The quantitative estimate of drug-likeness (QED) is 0.629. The average molecular weight is 309 g/mol. The summed E-state index contributed by atoms with van der Waals surface area (Å²) < 4.78 is 10.6. The van der Waals surface area contributed by atoms with Crippen LogP contribution in [0.2, 0.25) is 0 Å². The van der Waals surface area contributed by atoms with Gasteiger partial charge in [-0.05, 0) is 45.4 Å². The monoisotopic (exact) mass is 309 g/mol. The Morgan fingerprint density at radius 1 is 1.00 bits per heavy atom. The Kier molecular flexibility index (Phi) is 7.17. The second-order valence-corrected chi connectivity index (χ2v) is 6.05. The standard InChI is InChI=1S/C17H19O3P.Li/c1-11-8-9-12(2)15(10-11)21-17(18)16-13(19-3)6-5-7-14(16)20-4;/h5-10,21H,1-4H3;. The fraction of sp³-hybridized carbons (Fsp3) is 0.235. The summed E-state index contributed by atoms with van der Waals surface area (Å²) in [5, 5.41) is 1.06. The molecule has 111 valence electrons. The van der Waals surface area contributed by atoms with Crippen molar-refractivity contribution < 1.29 is 14.3 Å². The van der Waals surface area contributed by atoms with Gasteiger partial charge in [-0.3, -0.25) is 4.79 Å². The fourth-order valence-corrected chi connectivity index (χ4v) is 3.33. The van der Waals surface area contributed by atoms with E-state index in [1.165, 1.54) is 0 Å². The van der Waals surface area contributed by atoms with Crippen molar-refractivity contribution in [3.63, 3.8) is 0 Å². The van der Waals surface area contributed by atoms with Gasteiger partial charge in [-0.15, -0.1) is 0 Å². The van der Waals surface area contributed by atoms with Gasteiger partial charge in [0.25, 0.3) is 0 Å². The minimum absolute atomic E-state index is 0. The van der Waals surface area contributed by atoms with Crippen LogP contribution in [-0.4, -0.2) is 38.6 Å². The van der Waals surface area contributed by atoms with E-state index in [2.05, 4.69) is 12.1 Å². The van der Waals surface area contributed by atoms with Gasteiger partial charge in [0.2, 0.25) is 0 Å². The summed E-state index contributed by atoms with van der Waals surface area (Å²) in [6.45, 7) is 4.05. The molecule has 2 rings (SSSR count). The molecule has 0 heterocycles. The summed E-state index contributed by atoms with van der Waals surface area (Å²) in [6, 6.07) is 11.5. The number of aryl methyl sites for hydroxylation is 2. The Bertz CT molecular complexity index is 649. The summed E-state index contributed by atoms with van der Waals surface area (Å²) in [4.78, 5) is 12.7. The second-order valence-electron chi connectivity index (χ2n) is 4.81. The van der Waals surface area contributed by atoms with Gasteiger partial charge in [0.05, 0.1) is 14.2 Å². The van der Waals surface area contributed by atoms with Crippen molar-refractivity contribution in [2.75, 3.05) is 14.2 Å². The molecule has 1 radical (unpaired) electrons. The number of ether oxygens (including phenoxy) is 2. The second kappa shape index (κ2) is 8.39. The first-order chi connectivity index (χ1) is 10.1. The Morgan fingerprint density at radius 3 is 2.14 bits per heavy atom. The van der Waals surface area contributed by atoms with E-state index in [9.17, 15) is 4.79 Å². The van der Waals surface area contributed by atoms with E-state index >= 15 is 0 Å². The molecule has 0 aliphatic heterocycles. The molecule has 0 aliphatic rings. The largest absolute Gasteiger partial charge is 0.496 e. The molecule has 0 saturated carbocycles. The SMILES string of the molecule is COc1cccc(OC)c1C(=O)Pc1cc(C)ccc1C.[Li]. The first-order valence-electron chi connectivity index (χ1n) is 6.66. The van der Waals surface area contributed by atoms with Crippen molar-refractivity contribution in [2.45, 2.75) is 13.8 Å². The van der Waals surface area contributed by atoms with Crippen LogP contribution in [0.4, 0.5) is 0 Å². The third-order valence-corrected chi connectivity index (χ3v) is 4.58. The maximum atomic E-state index is 12.7. The Morgan fingerprint density at radius 2 is 1.59 bits per heavy atom. The number of rotatable bonds is 5. The summed E-state index contributed by atoms with van der Waals surface area (Å²) in [7, 11) is 3.18. The van der Waals surface area contributed by atoms with Gasteiger partial charge in [0.1, 0.15) is 17.1 Å². The number of hydrogen-bond donors (Lipinski definition) is 0. The van der Waals surface area contributed by atoms with E-state index in [0.29, 0.717) is 17.1 Å². The van der Waals surface area contributed by atoms with Gasteiger partial charge in [-0.25, -0.2) is 0 Å². The molecule has 0 N–H and O–H groups in total. The number of carbonyl (C=O) groups excluding carboxylic acids is 1. The van der Waals surface area contributed by atoms with Gasteiger partial charge in [0, 0.05) is 18.9 Å². The van der Waals surface area contributed by atoms with Crippen molar-refractivity contribution in [2.24, 2.45) is 0 Å². The normalized spacial score (nSPS) is 10.4. The predicted octanol–water partition coefficient (Wildman–Crippen LogP) is 3.08. The molecule has 22 heavy (non-hydrogen) atoms. The smallest absolute Gasteiger partial charge is 0.193 e.